The van der Waals surface area contributed by atoms with E-state index in [4.69, 9.17) is 10.1 Å². The number of nitriles is 1. The monoisotopic (exact) mass is 433 g/mol. The third kappa shape index (κ3) is 4.32. The summed E-state index contributed by atoms with van der Waals surface area (Å²) in [6.45, 7) is 2.10. The van der Waals surface area contributed by atoms with Crippen LogP contribution in [0.25, 0.3) is 6.08 Å². The van der Waals surface area contributed by atoms with E-state index < -0.39 is 5.92 Å². The summed E-state index contributed by atoms with van der Waals surface area (Å²) in [4.78, 5) is 10.9. The van der Waals surface area contributed by atoms with E-state index in [9.17, 15) is 5.26 Å². The van der Waals surface area contributed by atoms with Crippen molar-refractivity contribution in [1.82, 2.24) is 14.9 Å². The Morgan fingerprint density at radius 3 is 2.52 bits per heavy atom. The summed E-state index contributed by atoms with van der Waals surface area (Å²) >= 11 is 0. The molecule has 6 heteroatoms. The van der Waals surface area contributed by atoms with E-state index in [1.807, 2.05) is 48.7 Å². The van der Waals surface area contributed by atoms with Gasteiger partial charge in [0, 0.05) is 55.9 Å². The van der Waals surface area contributed by atoms with Crippen molar-refractivity contribution in [3.63, 3.8) is 0 Å². The second-order valence-corrected chi connectivity index (χ2v) is 8.28. The summed E-state index contributed by atoms with van der Waals surface area (Å²) in [5.74, 6) is -0.285. The number of aromatic nitrogens is 2. The van der Waals surface area contributed by atoms with Crippen molar-refractivity contribution in [2.45, 2.75) is 12.5 Å². The molecule has 2 unspecified atom stereocenters. The number of benzene rings is 1. The minimum atomic E-state index is -0.690. The fourth-order valence-electron chi connectivity index (χ4n) is 4.60. The minimum Gasteiger partial charge on any atom is -0.442 e. The summed E-state index contributed by atoms with van der Waals surface area (Å²) in [6.07, 6.45) is 9.14. The molecule has 0 amide bonds. The summed E-state index contributed by atoms with van der Waals surface area (Å²) in [7, 11) is 0. The molecule has 0 saturated carbocycles. The second-order valence-electron chi connectivity index (χ2n) is 8.28. The molecule has 0 fully saturated rings. The van der Waals surface area contributed by atoms with Crippen LogP contribution in [-0.4, -0.2) is 33.9 Å². The molecule has 33 heavy (non-hydrogen) atoms. The molecule has 2 aliphatic heterocycles. The summed E-state index contributed by atoms with van der Waals surface area (Å²) < 4.78 is 6.03. The van der Waals surface area contributed by atoms with Crippen molar-refractivity contribution < 1.29 is 4.74 Å². The average Bonchev–Trinajstić information content (AvgIpc) is 2.85. The van der Waals surface area contributed by atoms with Crippen LogP contribution in [0.3, 0.4) is 0 Å². The second kappa shape index (κ2) is 9.19. The number of nitrogens with one attached hydrogen (secondary N) is 1. The first-order chi connectivity index (χ1) is 16.2. The van der Waals surface area contributed by atoms with Crippen LogP contribution in [0, 0.1) is 22.7 Å². The van der Waals surface area contributed by atoms with Gasteiger partial charge >= 0.3 is 0 Å². The van der Waals surface area contributed by atoms with Gasteiger partial charge < -0.3 is 4.74 Å². The molecule has 0 radical (unpaired) electrons. The van der Waals surface area contributed by atoms with Crippen molar-refractivity contribution in [3.8, 4) is 6.07 Å². The number of hydrogen-bond donors (Lipinski definition) is 1. The molecule has 2 atom stereocenters. The van der Waals surface area contributed by atoms with E-state index in [1.165, 1.54) is 5.56 Å². The summed E-state index contributed by atoms with van der Waals surface area (Å²) in [5.41, 5.74) is 5.11. The average molecular weight is 434 g/mol. The van der Waals surface area contributed by atoms with Crippen molar-refractivity contribution in [2.75, 3.05) is 13.1 Å². The fraction of sp³-hybridized carbons (Fsp3) is 0.185. The molecule has 0 saturated heterocycles. The third-order valence-corrected chi connectivity index (χ3v) is 6.03. The van der Waals surface area contributed by atoms with E-state index >= 15 is 0 Å². The van der Waals surface area contributed by atoms with E-state index in [1.54, 1.807) is 18.6 Å². The number of nitrogens with zero attached hydrogens (tertiary/aromatic N) is 4. The Morgan fingerprint density at radius 2 is 1.82 bits per heavy atom. The fourth-order valence-corrected chi connectivity index (χ4v) is 4.60. The summed E-state index contributed by atoms with van der Waals surface area (Å²) in [6, 6.07) is 20.4. The van der Waals surface area contributed by atoms with Gasteiger partial charge in [-0.2, -0.15) is 5.26 Å². The van der Waals surface area contributed by atoms with E-state index in [0.29, 0.717) is 18.8 Å². The Labute approximate surface area is 193 Å². The normalized spacial score (nSPS) is 21.9. The highest BCUT2D eigenvalue weighted by atomic mass is 16.5. The number of ether oxygens (including phenoxy) is 1. The van der Waals surface area contributed by atoms with Gasteiger partial charge in [-0.05, 0) is 40.5 Å². The molecule has 4 heterocycles. The predicted octanol–water partition coefficient (Wildman–Crippen LogP) is 4.56. The molecular formula is C27H23N5O. The van der Waals surface area contributed by atoms with Crippen LogP contribution in [0.15, 0.2) is 96.3 Å². The van der Waals surface area contributed by atoms with E-state index in [2.05, 4.69) is 39.1 Å². The van der Waals surface area contributed by atoms with E-state index in [-0.39, 0.29) is 11.8 Å². The Kier molecular flexibility index (Phi) is 5.79. The van der Waals surface area contributed by atoms with Gasteiger partial charge in [0.25, 0.3) is 0 Å². The molecule has 1 N–H and O–H groups in total. The van der Waals surface area contributed by atoms with Crippen molar-refractivity contribution in [3.05, 3.63) is 113 Å². The number of rotatable bonds is 4. The Morgan fingerprint density at radius 1 is 1.03 bits per heavy atom. The lowest BCUT2D eigenvalue weighted by molar-refractivity contribution is 0.249. The molecule has 0 aliphatic carbocycles. The number of pyridine rings is 2. The molecule has 2 aliphatic rings. The number of hydrogen-bond acceptors (Lipinski definition) is 6. The van der Waals surface area contributed by atoms with Crippen LogP contribution in [0.4, 0.5) is 0 Å². The Bertz CT molecular complexity index is 1250. The third-order valence-electron chi connectivity index (χ3n) is 6.03. The maximum Gasteiger partial charge on any atom is 0.205 e. The lowest BCUT2D eigenvalue weighted by atomic mass is 9.77. The maximum absolute atomic E-state index is 9.94. The molecule has 0 spiro atoms. The van der Waals surface area contributed by atoms with Crippen LogP contribution in [-0.2, 0) is 11.3 Å². The van der Waals surface area contributed by atoms with Gasteiger partial charge in [-0.3, -0.25) is 20.3 Å². The largest absolute Gasteiger partial charge is 0.442 e. The minimum absolute atomic E-state index is 0.0151. The highest BCUT2D eigenvalue weighted by Gasteiger charge is 2.42. The van der Waals surface area contributed by atoms with Gasteiger partial charge in [-0.1, -0.05) is 42.5 Å². The van der Waals surface area contributed by atoms with Crippen molar-refractivity contribution >= 4 is 12.0 Å². The molecule has 2 aromatic heterocycles. The highest BCUT2D eigenvalue weighted by Crippen LogP contribution is 2.43. The molecule has 3 aromatic rings. The summed E-state index contributed by atoms with van der Waals surface area (Å²) in [5, 5.41) is 18.4. The maximum atomic E-state index is 9.94. The van der Waals surface area contributed by atoms with Gasteiger partial charge in [0.2, 0.25) is 5.90 Å². The molecule has 5 rings (SSSR count). The molecular weight excluding hydrogens is 410 g/mol. The van der Waals surface area contributed by atoms with Gasteiger partial charge in [-0.25, -0.2) is 0 Å². The van der Waals surface area contributed by atoms with E-state index in [0.717, 1.165) is 28.8 Å². The Hall–Kier alpha value is -4.08. The lowest BCUT2D eigenvalue weighted by Gasteiger charge is -2.40. The first-order valence-corrected chi connectivity index (χ1v) is 10.9. The van der Waals surface area contributed by atoms with Crippen molar-refractivity contribution in [2.24, 2.45) is 5.92 Å². The predicted molar refractivity (Wildman–Crippen MR) is 126 cm³/mol. The van der Waals surface area contributed by atoms with Crippen LogP contribution >= 0.6 is 0 Å². The molecule has 0 bridgehead atoms. The van der Waals surface area contributed by atoms with Gasteiger partial charge in [-0.15, -0.1) is 0 Å². The van der Waals surface area contributed by atoms with Crippen molar-refractivity contribution in [1.29, 1.82) is 10.7 Å². The lowest BCUT2D eigenvalue weighted by Crippen LogP contribution is -2.41. The quantitative estimate of drug-likeness (QED) is 0.652. The molecule has 162 valence electrons. The zero-order chi connectivity index (χ0) is 22.6. The van der Waals surface area contributed by atoms with Crippen LogP contribution in [0.5, 0.6) is 0 Å². The highest BCUT2D eigenvalue weighted by molar-refractivity contribution is 5.84. The molecule has 6 nitrogen and oxygen atoms in total. The zero-order valence-corrected chi connectivity index (χ0v) is 18.1. The van der Waals surface area contributed by atoms with Crippen LogP contribution in [0.1, 0.15) is 22.6 Å². The van der Waals surface area contributed by atoms with Crippen LogP contribution in [0.2, 0.25) is 0 Å². The van der Waals surface area contributed by atoms with Crippen LogP contribution < -0.4 is 0 Å². The Balaban J connectivity index is 1.62. The molecule has 1 aromatic carbocycles. The van der Waals surface area contributed by atoms with Gasteiger partial charge in [0.1, 0.15) is 11.7 Å². The first-order valence-electron chi connectivity index (χ1n) is 10.9. The van der Waals surface area contributed by atoms with Gasteiger partial charge in [0.05, 0.1) is 6.07 Å². The topological polar surface area (TPSA) is 85.9 Å². The smallest absolute Gasteiger partial charge is 0.205 e. The zero-order valence-electron chi connectivity index (χ0n) is 18.1. The first kappa shape index (κ1) is 20.8. The van der Waals surface area contributed by atoms with Gasteiger partial charge in [0.15, 0.2) is 0 Å². The SMILES string of the molecule is N#CC1C(=N)OC2=C(CN(Cc3ccccc3)C/C2=C\c2cccnc2)C1c1cccnc1. The standard InChI is InChI=1S/C27H23N5O/c28-13-23-25(21-9-5-11-31-15-21)24-18-32(16-19-6-2-1-3-7-19)17-22(26(24)33-27(23)29)12-20-8-4-10-30-14-20/h1-12,14-15,23,25,29H,16-18H2/b22-12+,29-27?.